The molecule has 1 amide bonds. The zero-order chi connectivity index (χ0) is 14.4. The minimum atomic E-state index is 0.00847. The Kier molecular flexibility index (Phi) is 5.41. The lowest BCUT2D eigenvalue weighted by Crippen LogP contribution is -2.35. The van der Waals surface area contributed by atoms with Crippen molar-refractivity contribution >= 4 is 5.91 Å². The lowest BCUT2D eigenvalue weighted by atomic mass is 9.95. The summed E-state index contributed by atoms with van der Waals surface area (Å²) in [5.74, 6) is 1.43. The van der Waals surface area contributed by atoms with Gasteiger partial charge >= 0.3 is 0 Å². The number of carbonyl (C=O) groups excluding carboxylic acids is 1. The number of amides is 1. The molecule has 0 bridgehead atoms. The average Bonchev–Trinajstić information content (AvgIpc) is 2.48. The molecule has 2 rings (SSSR count). The molecule has 1 aliphatic rings. The van der Waals surface area contributed by atoms with Gasteiger partial charge in [-0.1, -0.05) is 12.1 Å². The fourth-order valence-corrected chi connectivity index (χ4v) is 2.66. The Morgan fingerprint density at radius 1 is 1.55 bits per heavy atom. The number of piperidine rings is 1. The second kappa shape index (κ2) is 7.29. The highest BCUT2D eigenvalue weighted by molar-refractivity contribution is 5.76. The number of benzene rings is 1. The molecule has 2 atom stereocenters. The lowest BCUT2D eigenvalue weighted by Gasteiger charge is -2.23. The largest absolute Gasteiger partial charge is 0.497 e. The van der Waals surface area contributed by atoms with Crippen LogP contribution in [0.5, 0.6) is 5.75 Å². The number of rotatable bonds is 5. The first-order valence-corrected chi connectivity index (χ1v) is 7.33. The summed E-state index contributed by atoms with van der Waals surface area (Å²) in [6, 6.07) is 7.84. The molecule has 0 saturated carbocycles. The fourth-order valence-electron chi connectivity index (χ4n) is 2.66. The maximum Gasteiger partial charge on any atom is 0.220 e. The smallest absolute Gasteiger partial charge is 0.220 e. The Hall–Kier alpha value is -1.55. The van der Waals surface area contributed by atoms with E-state index in [0.717, 1.165) is 30.8 Å². The Morgan fingerprint density at radius 3 is 3.10 bits per heavy atom. The van der Waals surface area contributed by atoms with Crippen LogP contribution in [-0.2, 0) is 4.79 Å². The molecule has 2 unspecified atom stereocenters. The Labute approximate surface area is 120 Å². The quantitative estimate of drug-likeness (QED) is 0.867. The summed E-state index contributed by atoms with van der Waals surface area (Å²) in [5.41, 5.74) is 1.07. The molecule has 0 radical (unpaired) electrons. The Balaban J connectivity index is 1.86. The number of methoxy groups -OCH3 is 1. The van der Waals surface area contributed by atoms with Crippen molar-refractivity contribution in [1.82, 2.24) is 10.6 Å². The molecule has 4 heteroatoms. The van der Waals surface area contributed by atoms with Gasteiger partial charge in [0.05, 0.1) is 13.2 Å². The maximum atomic E-state index is 12.1. The molecule has 0 aromatic heterocycles. The molecule has 1 fully saturated rings. The monoisotopic (exact) mass is 276 g/mol. The second-order valence-electron chi connectivity index (χ2n) is 5.48. The number of carbonyl (C=O) groups is 1. The van der Waals surface area contributed by atoms with E-state index in [1.165, 1.54) is 6.42 Å². The Morgan fingerprint density at radius 2 is 2.40 bits per heavy atom. The van der Waals surface area contributed by atoms with Crippen molar-refractivity contribution in [2.45, 2.75) is 32.2 Å². The van der Waals surface area contributed by atoms with Gasteiger partial charge < -0.3 is 15.4 Å². The van der Waals surface area contributed by atoms with E-state index in [1.807, 2.05) is 31.2 Å². The van der Waals surface area contributed by atoms with Gasteiger partial charge in [-0.25, -0.2) is 0 Å². The van der Waals surface area contributed by atoms with Gasteiger partial charge in [-0.15, -0.1) is 0 Å². The van der Waals surface area contributed by atoms with Crippen LogP contribution in [0.25, 0.3) is 0 Å². The van der Waals surface area contributed by atoms with Gasteiger partial charge in [-0.05, 0) is 56.5 Å². The predicted octanol–water partition coefficient (Wildman–Crippen LogP) is 2.26. The van der Waals surface area contributed by atoms with E-state index < -0.39 is 0 Å². The van der Waals surface area contributed by atoms with E-state index in [-0.39, 0.29) is 11.9 Å². The third-order valence-corrected chi connectivity index (χ3v) is 3.84. The van der Waals surface area contributed by atoms with Gasteiger partial charge in [0.1, 0.15) is 5.75 Å². The molecule has 1 aromatic rings. The molecule has 20 heavy (non-hydrogen) atoms. The molecule has 0 aliphatic carbocycles. The van der Waals surface area contributed by atoms with Crippen molar-refractivity contribution in [2.75, 3.05) is 20.2 Å². The summed E-state index contributed by atoms with van der Waals surface area (Å²) in [4.78, 5) is 12.1. The van der Waals surface area contributed by atoms with Gasteiger partial charge in [0, 0.05) is 6.42 Å². The minimum absolute atomic E-state index is 0.00847. The van der Waals surface area contributed by atoms with E-state index in [1.54, 1.807) is 7.11 Å². The summed E-state index contributed by atoms with van der Waals surface area (Å²) in [6.45, 7) is 4.05. The highest BCUT2D eigenvalue weighted by atomic mass is 16.5. The molecular weight excluding hydrogens is 252 g/mol. The van der Waals surface area contributed by atoms with E-state index in [9.17, 15) is 4.79 Å². The molecule has 1 heterocycles. The van der Waals surface area contributed by atoms with Gasteiger partial charge in [0.25, 0.3) is 0 Å². The topological polar surface area (TPSA) is 50.4 Å². The minimum Gasteiger partial charge on any atom is -0.497 e. The van der Waals surface area contributed by atoms with Gasteiger partial charge in [-0.3, -0.25) is 4.79 Å². The van der Waals surface area contributed by atoms with Crippen molar-refractivity contribution in [3.8, 4) is 5.75 Å². The summed E-state index contributed by atoms with van der Waals surface area (Å²) in [5, 5.41) is 6.42. The zero-order valence-electron chi connectivity index (χ0n) is 12.3. The third-order valence-electron chi connectivity index (χ3n) is 3.84. The fraction of sp³-hybridized carbons (Fsp3) is 0.562. The van der Waals surface area contributed by atoms with Crippen LogP contribution in [0.4, 0.5) is 0 Å². The summed E-state index contributed by atoms with van der Waals surface area (Å²) >= 11 is 0. The van der Waals surface area contributed by atoms with Crippen molar-refractivity contribution < 1.29 is 9.53 Å². The van der Waals surface area contributed by atoms with Crippen LogP contribution in [0.3, 0.4) is 0 Å². The first-order valence-electron chi connectivity index (χ1n) is 7.33. The molecule has 110 valence electrons. The highest BCUT2D eigenvalue weighted by Gasteiger charge is 2.18. The highest BCUT2D eigenvalue weighted by Crippen LogP contribution is 2.20. The van der Waals surface area contributed by atoms with Crippen molar-refractivity contribution in [3.63, 3.8) is 0 Å². The standard InChI is InChI=1S/C16H24N2O2/c1-12(14-6-3-7-15(10-14)20-2)18-16(19)9-13-5-4-8-17-11-13/h3,6-7,10,12-13,17H,4-5,8-9,11H2,1-2H3,(H,18,19). The van der Waals surface area contributed by atoms with Crippen LogP contribution < -0.4 is 15.4 Å². The lowest BCUT2D eigenvalue weighted by molar-refractivity contribution is -0.122. The molecule has 1 aliphatic heterocycles. The second-order valence-corrected chi connectivity index (χ2v) is 5.48. The van der Waals surface area contributed by atoms with E-state index >= 15 is 0 Å². The van der Waals surface area contributed by atoms with Crippen molar-refractivity contribution in [3.05, 3.63) is 29.8 Å². The van der Waals surface area contributed by atoms with Gasteiger partial charge in [0.2, 0.25) is 5.91 Å². The van der Waals surface area contributed by atoms with Gasteiger partial charge in [-0.2, -0.15) is 0 Å². The normalized spacial score (nSPS) is 20.2. The molecule has 1 aromatic carbocycles. The SMILES string of the molecule is COc1cccc(C(C)NC(=O)CC2CCCNC2)c1. The summed E-state index contributed by atoms with van der Waals surface area (Å²) in [6.07, 6.45) is 2.93. The van der Waals surface area contributed by atoms with E-state index in [4.69, 9.17) is 4.74 Å². The van der Waals surface area contributed by atoms with Crippen molar-refractivity contribution in [1.29, 1.82) is 0 Å². The molecule has 4 nitrogen and oxygen atoms in total. The van der Waals surface area contributed by atoms with E-state index in [2.05, 4.69) is 10.6 Å². The predicted molar refractivity (Wildman–Crippen MR) is 79.8 cm³/mol. The van der Waals surface area contributed by atoms with Gasteiger partial charge in [0.15, 0.2) is 0 Å². The molecule has 0 spiro atoms. The van der Waals surface area contributed by atoms with E-state index in [0.29, 0.717) is 12.3 Å². The zero-order valence-corrected chi connectivity index (χ0v) is 12.3. The first-order chi connectivity index (χ1) is 9.69. The van der Waals surface area contributed by atoms with Crippen LogP contribution in [0.2, 0.25) is 0 Å². The van der Waals surface area contributed by atoms with Crippen LogP contribution in [0.1, 0.15) is 37.8 Å². The molecule has 1 saturated heterocycles. The van der Waals surface area contributed by atoms with Crippen LogP contribution in [0.15, 0.2) is 24.3 Å². The molecule has 2 N–H and O–H groups in total. The average molecular weight is 276 g/mol. The van der Waals surface area contributed by atoms with Crippen molar-refractivity contribution in [2.24, 2.45) is 5.92 Å². The maximum absolute atomic E-state index is 12.1. The molecular formula is C16H24N2O2. The van der Waals surface area contributed by atoms with Crippen LogP contribution in [0, 0.1) is 5.92 Å². The number of ether oxygens (including phenoxy) is 1. The summed E-state index contributed by atoms with van der Waals surface area (Å²) in [7, 11) is 1.65. The third kappa shape index (κ3) is 4.23. The van der Waals surface area contributed by atoms with Crippen LogP contribution >= 0.6 is 0 Å². The number of nitrogens with one attached hydrogen (secondary N) is 2. The van der Waals surface area contributed by atoms with Crippen LogP contribution in [-0.4, -0.2) is 26.1 Å². The number of hydrogen-bond acceptors (Lipinski definition) is 3. The Bertz CT molecular complexity index is 442. The summed E-state index contributed by atoms with van der Waals surface area (Å²) < 4.78 is 5.21. The first kappa shape index (κ1) is 14.9. The number of hydrogen-bond donors (Lipinski definition) is 2.